The maximum Gasteiger partial charge on any atom is 0.276 e. The van der Waals surface area contributed by atoms with Gasteiger partial charge in [0, 0.05) is 5.75 Å². The lowest BCUT2D eigenvalue weighted by molar-refractivity contribution is 0.617. The van der Waals surface area contributed by atoms with Crippen molar-refractivity contribution in [3.05, 3.63) is 86.8 Å². The van der Waals surface area contributed by atoms with Gasteiger partial charge in [-0.3, -0.25) is 9.36 Å². The molecule has 3 nitrogen and oxygen atoms in total. The Morgan fingerprint density at radius 1 is 1.11 bits per heavy atom. The van der Waals surface area contributed by atoms with E-state index in [1.807, 2.05) is 49.6 Å². The summed E-state index contributed by atoms with van der Waals surface area (Å²) in [7, 11) is 0. The Morgan fingerprint density at radius 2 is 1.93 bits per heavy atom. The van der Waals surface area contributed by atoms with Crippen LogP contribution in [0.1, 0.15) is 16.7 Å². The lowest BCUT2D eigenvalue weighted by atomic mass is 10.1. The van der Waals surface area contributed by atoms with Crippen molar-refractivity contribution in [1.82, 2.24) is 9.55 Å². The maximum absolute atomic E-state index is 14.0. The van der Waals surface area contributed by atoms with Gasteiger partial charge in [0.05, 0.1) is 11.2 Å². The lowest BCUT2D eigenvalue weighted by Gasteiger charge is -2.13. The average molecular weight is 397 g/mol. The van der Waals surface area contributed by atoms with E-state index in [1.54, 1.807) is 16.7 Å². The number of rotatable bonds is 4. The van der Waals surface area contributed by atoms with Gasteiger partial charge in [0.2, 0.25) is 0 Å². The number of hydrogen-bond donors (Lipinski definition) is 0. The minimum absolute atomic E-state index is 0.0886. The maximum atomic E-state index is 14.0. The molecule has 0 N–H and O–H groups in total. The minimum Gasteiger partial charge on any atom is -0.267 e. The summed E-state index contributed by atoms with van der Waals surface area (Å²) in [5.41, 5.74) is 4.24. The Bertz CT molecular complexity index is 1200. The molecule has 0 aliphatic carbocycles. The predicted octanol–water partition coefficient (Wildman–Crippen LogP) is 5.50. The van der Waals surface area contributed by atoms with Gasteiger partial charge in [-0.15, -0.1) is 11.3 Å². The topological polar surface area (TPSA) is 34.9 Å². The number of thioether (sulfide) groups is 1. The third-order valence-corrected chi connectivity index (χ3v) is 6.39. The molecule has 0 saturated carbocycles. The quantitative estimate of drug-likeness (QED) is 0.338. The van der Waals surface area contributed by atoms with Crippen LogP contribution in [0.25, 0.3) is 15.9 Å². The zero-order valence-corrected chi connectivity index (χ0v) is 16.5. The third-order valence-electron chi connectivity index (χ3n) is 4.51. The molecule has 0 fully saturated rings. The van der Waals surface area contributed by atoms with Gasteiger partial charge in [0.25, 0.3) is 5.56 Å². The van der Waals surface area contributed by atoms with Crippen LogP contribution in [0, 0.1) is 19.7 Å². The SMILES string of the molecule is Cc1ccc(-n2c(SCc3ccccc3F)nc3ccsc3c2=O)cc1C. The van der Waals surface area contributed by atoms with Crippen LogP contribution in [0.5, 0.6) is 0 Å². The van der Waals surface area contributed by atoms with Crippen LogP contribution >= 0.6 is 23.1 Å². The summed E-state index contributed by atoms with van der Waals surface area (Å²) in [5.74, 6) is 0.154. The van der Waals surface area contributed by atoms with Crippen LogP contribution < -0.4 is 5.56 Å². The van der Waals surface area contributed by atoms with E-state index < -0.39 is 0 Å². The number of aromatic nitrogens is 2. The third kappa shape index (κ3) is 3.42. The standard InChI is InChI=1S/C21H17FN2OS2/c1-13-7-8-16(11-14(13)2)24-20(25)19-18(9-10-26-19)23-21(24)27-12-15-5-3-4-6-17(15)22/h3-11H,12H2,1-2H3. The van der Waals surface area contributed by atoms with Gasteiger partial charge < -0.3 is 0 Å². The summed E-state index contributed by atoms with van der Waals surface area (Å²) in [5, 5.41) is 2.44. The lowest BCUT2D eigenvalue weighted by Crippen LogP contribution is -2.21. The number of nitrogens with zero attached hydrogens (tertiary/aromatic N) is 2. The summed E-state index contributed by atoms with van der Waals surface area (Å²) in [6.45, 7) is 4.06. The molecule has 4 aromatic rings. The van der Waals surface area contributed by atoms with E-state index in [0.29, 0.717) is 26.7 Å². The van der Waals surface area contributed by atoms with Crippen molar-refractivity contribution in [3.8, 4) is 5.69 Å². The Labute approximate surface area is 164 Å². The van der Waals surface area contributed by atoms with Gasteiger partial charge in [-0.25, -0.2) is 9.37 Å². The first-order chi connectivity index (χ1) is 13.0. The largest absolute Gasteiger partial charge is 0.276 e. The number of thiophene rings is 1. The molecule has 0 unspecified atom stereocenters. The normalized spacial score (nSPS) is 11.2. The fraction of sp³-hybridized carbons (Fsp3) is 0.143. The molecule has 0 aliphatic rings. The first-order valence-corrected chi connectivity index (χ1v) is 10.3. The van der Waals surface area contributed by atoms with Gasteiger partial charge in [-0.05, 0) is 60.2 Å². The van der Waals surface area contributed by atoms with E-state index in [-0.39, 0.29) is 11.4 Å². The molecule has 0 amide bonds. The van der Waals surface area contributed by atoms with Crippen LogP contribution in [0.15, 0.2) is 63.9 Å². The molecule has 4 rings (SSSR count). The molecular weight excluding hydrogens is 379 g/mol. The molecule has 27 heavy (non-hydrogen) atoms. The number of hydrogen-bond acceptors (Lipinski definition) is 4. The first kappa shape index (κ1) is 17.9. The summed E-state index contributed by atoms with van der Waals surface area (Å²) < 4.78 is 16.3. The van der Waals surface area contributed by atoms with Gasteiger partial charge in [-0.1, -0.05) is 36.0 Å². The molecule has 0 spiro atoms. The molecule has 6 heteroatoms. The Morgan fingerprint density at radius 3 is 2.70 bits per heavy atom. The first-order valence-electron chi connectivity index (χ1n) is 8.48. The van der Waals surface area contributed by atoms with Crippen molar-refractivity contribution in [1.29, 1.82) is 0 Å². The second kappa shape index (κ2) is 7.29. The summed E-state index contributed by atoms with van der Waals surface area (Å²) in [4.78, 5) is 17.8. The molecule has 0 aliphatic heterocycles. The van der Waals surface area contributed by atoms with Crippen LogP contribution in [0.4, 0.5) is 4.39 Å². The highest BCUT2D eigenvalue weighted by molar-refractivity contribution is 7.98. The van der Waals surface area contributed by atoms with Crippen molar-refractivity contribution in [2.45, 2.75) is 24.8 Å². The molecule has 0 radical (unpaired) electrons. The fourth-order valence-electron chi connectivity index (χ4n) is 2.84. The van der Waals surface area contributed by atoms with Crippen molar-refractivity contribution >= 4 is 33.3 Å². The summed E-state index contributed by atoms with van der Waals surface area (Å²) >= 11 is 2.76. The van der Waals surface area contributed by atoms with E-state index in [4.69, 9.17) is 0 Å². The second-order valence-electron chi connectivity index (χ2n) is 6.32. The van der Waals surface area contributed by atoms with E-state index in [0.717, 1.165) is 16.8 Å². The van der Waals surface area contributed by atoms with Gasteiger partial charge in [0.1, 0.15) is 10.5 Å². The van der Waals surface area contributed by atoms with Crippen molar-refractivity contribution in [2.24, 2.45) is 0 Å². The Hall–Kier alpha value is -2.44. The monoisotopic (exact) mass is 396 g/mol. The zero-order valence-electron chi connectivity index (χ0n) is 14.9. The van der Waals surface area contributed by atoms with Crippen molar-refractivity contribution in [2.75, 3.05) is 0 Å². The van der Waals surface area contributed by atoms with Gasteiger partial charge in [-0.2, -0.15) is 0 Å². The molecule has 2 aromatic carbocycles. The summed E-state index contributed by atoms with van der Waals surface area (Å²) in [6, 6.07) is 14.4. The summed E-state index contributed by atoms with van der Waals surface area (Å²) in [6.07, 6.45) is 0. The number of benzene rings is 2. The van der Waals surface area contributed by atoms with Gasteiger partial charge >= 0.3 is 0 Å². The molecule has 2 aromatic heterocycles. The molecule has 0 saturated heterocycles. The Kier molecular flexibility index (Phi) is 4.85. The number of halogens is 1. The van der Waals surface area contributed by atoms with E-state index >= 15 is 0 Å². The van der Waals surface area contributed by atoms with Crippen molar-refractivity contribution in [3.63, 3.8) is 0 Å². The Balaban J connectivity index is 1.84. The van der Waals surface area contributed by atoms with Gasteiger partial charge in [0.15, 0.2) is 5.16 Å². The highest BCUT2D eigenvalue weighted by Gasteiger charge is 2.15. The van der Waals surface area contributed by atoms with E-state index in [2.05, 4.69) is 4.98 Å². The molecule has 0 atom stereocenters. The zero-order chi connectivity index (χ0) is 19.0. The van der Waals surface area contributed by atoms with E-state index in [1.165, 1.54) is 29.2 Å². The molecular formula is C21H17FN2OS2. The highest BCUT2D eigenvalue weighted by atomic mass is 32.2. The predicted molar refractivity (Wildman–Crippen MR) is 111 cm³/mol. The second-order valence-corrected chi connectivity index (χ2v) is 8.18. The van der Waals surface area contributed by atoms with Crippen molar-refractivity contribution < 1.29 is 4.39 Å². The highest BCUT2D eigenvalue weighted by Crippen LogP contribution is 2.27. The average Bonchev–Trinajstić information content (AvgIpc) is 3.13. The molecule has 2 heterocycles. The molecule has 0 bridgehead atoms. The molecule has 136 valence electrons. The smallest absolute Gasteiger partial charge is 0.267 e. The fourth-order valence-corrected chi connectivity index (χ4v) is 4.60. The van der Waals surface area contributed by atoms with Crippen LogP contribution in [-0.4, -0.2) is 9.55 Å². The van der Waals surface area contributed by atoms with E-state index in [9.17, 15) is 9.18 Å². The number of aryl methyl sites for hydroxylation is 2. The number of fused-ring (bicyclic) bond motifs is 1. The van der Waals surface area contributed by atoms with Crippen LogP contribution in [0.3, 0.4) is 0 Å². The van der Waals surface area contributed by atoms with Crippen LogP contribution in [0.2, 0.25) is 0 Å². The minimum atomic E-state index is -0.248. The van der Waals surface area contributed by atoms with Crippen LogP contribution in [-0.2, 0) is 5.75 Å².